The Hall–Kier alpha value is -4.34. The first kappa shape index (κ1) is 32.6. The number of amides is 2. The molecule has 1 aromatic heterocycles. The Morgan fingerprint density at radius 2 is 1.75 bits per heavy atom. The van der Waals surface area contributed by atoms with Crippen LogP contribution in [-0.4, -0.2) is 132 Å². The van der Waals surface area contributed by atoms with Crippen molar-refractivity contribution in [3.05, 3.63) is 42.1 Å². The van der Waals surface area contributed by atoms with Crippen LogP contribution >= 0.6 is 0 Å². The number of hydrogen-bond donors (Lipinski definition) is 3. The van der Waals surface area contributed by atoms with Crippen molar-refractivity contribution in [1.29, 1.82) is 0 Å². The molecule has 0 radical (unpaired) electrons. The second-order valence-corrected chi connectivity index (χ2v) is 10.2. The van der Waals surface area contributed by atoms with Crippen molar-refractivity contribution in [2.75, 3.05) is 77.5 Å². The van der Waals surface area contributed by atoms with Gasteiger partial charge in [0, 0.05) is 57.3 Å². The quantitative estimate of drug-likeness (QED) is 0.274. The number of hydroxylamine groups is 2. The van der Waals surface area contributed by atoms with Crippen LogP contribution in [0.15, 0.2) is 36.4 Å². The molecule has 2 amide bonds. The van der Waals surface area contributed by atoms with Gasteiger partial charge in [0.25, 0.3) is 5.91 Å². The number of morpholine rings is 1. The molecule has 2 aliphatic heterocycles. The van der Waals surface area contributed by atoms with Gasteiger partial charge >= 0.3 is 12.1 Å². The van der Waals surface area contributed by atoms with E-state index >= 15 is 0 Å². The van der Waals surface area contributed by atoms with E-state index in [1.165, 1.54) is 16.0 Å². The number of anilines is 1. The lowest BCUT2D eigenvalue weighted by Gasteiger charge is -2.35. The van der Waals surface area contributed by atoms with Gasteiger partial charge < -0.3 is 35.0 Å². The number of carboxylic acids is 1. The number of aromatic nitrogens is 2. The van der Waals surface area contributed by atoms with Crippen LogP contribution in [0.4, 0.5) is 10.6 Å². The molecule has 2 aromatic rings. The molecule has 0 spiro atoms. The molecule has 15 heteroatoms. The van der Waals surface area contributed by atoms with Crippen molar-refractivity contribution in [2.24, 2.45) is 0 Å². The van der Waals surface area contributed by atoms with E-state index in [-0.39, 0.29) is 51.3 Å². The third-order valence-electron chi connectivity index (χ3n) is 7.10. The smallest absolute Gasteiger partial charge is 0.481 e. The molecule has 0 bridgehead atoms. The number of nitrogens with zero attached hydrogens (tertiary/aromatic N) is 5. The summed E-state index contributed by atoms with van der Waals surface area (Å²) in [6, 6.07) is 9.63. The lowest BCUT2D eigenvalue weighted by Crippen LogP contribution is -2.55. The van der Waals surface area contributed by atoms with Gasteiger partial charge in [0.05, 0.1) is 32.9 Å². The van der Waals surface area contributed by atoms with Crippen LogP contribution in [0, 0.1) is 0 Å². The molecular formula is C29H39N7O8. The maximum Gasteiger partial charge on any atom is 0.527 e. The normalized spacial score (nSPS) is 16.5. The van der Waals surface area contributed by atoms with Crippen LogP contribution in [0.5, 0.6) is 0 Å². The predicted octanol–water partition coefficient (Wildman–Crippen LogP) is 1.08. The number of benzene rings is 1. The lowest BCUT2D eigenvalue weighted by atomic mass is 10.1. The van der Waals surface area contributed by atoms with Crippen molar-refractivity contribution in [3.8, 4) is 11.4 Å². The van der Waals surface area contributed by atoms with Gasteiger partial charge in [-0.25, -0.2) is 14.8 Å². The molecule has 0 aliphatic carbocycles. The fourth-order valence-electron chi connectivity index (χ4n) is 4.76. The SMILES string of the molecule is CCOC(=O)ON1CCN(C(=O)[C@H](CCC(=O)O)NC(=O)c2cc(NCCN3CCOCC3)nc(-c3ccccc3)n2)CC1. The minimum atomic E-state index is -1.11. The van der Waals surface area contributed by atoms with Crippen LogP contribution in [0.3, 0.4) is 0 Å². The molecule has 2 fully saturated rings. The van der Waals surface area contributed by atoms with Gasteiger partial charge in [0.15, 0.2) is 5.82 Å². The van der Waals surface area contributed by atoms with E-state index in [2.05, 4.69) is 25.5 Å². The largest absolute Gasteiger partial charge is 0.527 e. The lowest BCUT2D eigenvalue weighted by molar-refractivity contribution is -0.157. The second-order valence-electron chi connectivity index (χ2n) is 10.2. The molecular weight excluding hydrogens is 574 g/mol. The molecule has 2 saturated heterocycles. The maximum absolute atomic E-state index is 13.5. The number of hydrogen-bond acceptors (Lipinski definition) is 12. The highest BCUT2D eigenvalue weighted by atomic mass is 16.8. The average Bonchev–Trinajstić information content (AvgIpc) is 3.04. The highest BCUT2D eigenvalue weighted by Crippen LogP contribution is 2.19. The number of carboxylic acid groups (broad SMARTS) is 1. The van der Waals surface area contributed by atoms with Crippen molar-refractivity contribution in [3.63, 3.8) is 0 Å². The number of carbonyl (C=O) groups excluding carboxylic acids is 3. The summed E-state index contributed by atoms with van der Waals surface area (Å²) in [6.45, 7) is 7.12. The summed E-state index contributed by atoms with van der Waals surface area (Å²) in [6.07, 6.45) is -1.26. The minimum absolute atomic E-state index is 0.0357. The van der Waals surface area contributed by atoms with Crippen LogP contribution < -0.4 is 10.6 Å². The Morgan fingerprint density at radius 1 is 1.02 bits per heavy atom. The van der Waals surface area contributed by atoms with Crippen molar-refractivity contribution >= 4 is 29.8 Å². The van der Waals surface area contributed by atoms with Crippen molar-refractivity contribution in [1.82, 2.24) is 30.1 Å². The molecule has 0 saturated carbocycles. The molecule has 15 nitrogen and oxygen atoms in total. The summed E-state index contributed by atoms with van der Waals surface area (Å²) in [4.78, 5) is 67.9. The number of carbonyl (C=O) groups is 4. The fourth-order valence-corrected chi connectivity index (χ4v) is 4.76. The molecule has 3 heterocycles. The van der Waals surface area contributed by atoms with Gasteiger partial charge in [-0.3, -0.25) is 19.3 Å². The molecule has 3 N–H and O–H groups in total. The third-order valence-corrected chi connectivity index (χ3v) is 7.10. The molecule has 44 heavy (non-hydrogen) atoms. The first-order valence-electron chi connectivity index (χ1n) is 14.7. The summed E-state index contributed by atoms with van der Waals surface area (Å²) in [5, 5.41) is 16.7. The van der Waals surface area contributed by atoms with E-state index in [0.717, 1.165) is 19.6 Å². The van der Waals surface area contributed by atoms with Gasteiger partial charge in [0.1, 0.15) is 17.6 Å². The zero-order valence-electron chi connectivity index (χ0n) is 24.8. The number of ether oxygens (including phenoxy) is 2. The van der Waals surface area contributed by atoms with Gasteiger partial charge in [-0.05, 0) is 13.3 Å². The summed E-state index contributed by atoms with van der Waals surface area (Å²) < 4.78 is 10.2. The van der Waals surface area contributed by atoms with E-state index in [0.29, 0.717) is 37.0 Å². The zero-order valence-corrected chi connectivity index (χ0v) is 24.8. The molecule has 2 aliphatic rings. The first-order chi connectivity index (χ1) is 21.3. The van der Waals surface area contributed by atoms with Crippen LogP contribution in [-0.2, 0) is 23.9 Å². The standard InChI is InChI=1S/C29H39N7O8/c1-2-43-29(41)44-36-14-12-35(13-15-36)28(40)22(8-9-25(37)38)32-27(39)23-20-24(30-10-11-34-16-18-42-19-17-34)33-26(31-23)21-6-4-3-5-7-21/h3-7,20,22H,2,8-19H2,1H3,(H,32,39)(H,37,38)(H,30,31,33)/t22-/m0/s1. The molecule has 0 unspecified atom stereocenters. The van der Waals surface area contributed by atoms with Gasteiger partial charge in [-0.2, -0.15) is 0 Å². The predicted molar refractivity (Wildman–Crippen MR) is 158 cm³/mol. The molecule has 238 valence electrons. The average molecular weight is 614 g/mol. The topological polar surface area (TPSA) is 176 Å². The molecule has 4 rings (SSSR count). The fraction of sp³-hybridized carbons (Fsp3) is 0.517. The van der Waals surface area contributed by atoms with Gasteiger partial charge in [0.2, 0.25) is 5.91 Å². The van der Waals surface area contributed by atoms with E-state index in [1.54, 1.807) is 6.92 Å². The number of aliphatic carboxylic acids is 1. The summed E-state index contributed by atoms with van der Waals surface area (Å²) >= 11 is 0. The Morgan fingerprint density at radius 3 is 2.43 bits per heavy atom. The Labute approximate surface area is 255 Å². The van der Waals surface area contributed by atoms with E-state index in [9.17, 15) is 24.3 Å². The number of piperazine rings is 1. The monoisotopic (exact) mass is 613 g/mol. The van der Waals surface area contributed by atoms with Crippen LogP contribution in [0.25, 0.3) is 11.4 Å². The van der Waals surface area contributed by atoms with E-state index in [1.807, 2.05) is 30.3 Å². The summed E-state index contributed by atoms with van der Waals surface area (Å²) in [5.41, 5.74) is 0.744. The van der Waals surface area contributed by atoms with E-state index in [4.69, 9.17) is 14.3 Å². The second kappa shape index (κ2) is 16.5. The minimum Gasteiger partial charge on any atom is -0.481 e. The summed E-state index contributed by atoms with van der Waals surface area (Å²) in [7, 11) is 0. The van der Waals surface area contributed by atoms with Gasteiger partial charge in [-0.1, -0.05) is 30.3 Å². The Kier molecular flexibility index (Phi) is 12.2. The Balaban J connectivity index is 1.46. The third kappa shape index (κ3) is 9.86. The zero-order chi connectivity index (χ0) is 31.3. The maximum atomic E-state index is 13.5. The molecule has 1 aromatic carbocycles. The van der Waals surface area contributed by atoms with E-state index < -0.39 is 30.0 Å². The Bertz CT molecular complexity index is 1270. The van der Waals surface area contributed by atoms with Gasteiger partial charge in [-0.15, -0.1) is 5.06 Å². The highest BCUT2D eigenvalue weighted by molar-refractivity contribution is 5.97. The number of nitrogens with one attached hydrogen (secondary N) is 2. The highest BCUT2D eigenvalue weighted by Gasteiger charge is 2.31. The van der Waals surface area contributed by atoms with Crippen LogP contribution in [0.1, 0.15) is 30.3 Å². The van der Waals surface area contributed by atoms with Crippen LogP contribution in [0.2, 0.25) is 0 Å². The van der Waals surface area contributed by atoms with Crippen molar-refractivity contribution < 1.29 is 38.6 Å². The number of rotatable bonds is 13. The summed E-state index contributed by atoms with van der Waals surface area (Å²) in [5.74, 6) is -1.38. The van der Waals surface area contributed by atoms with Crippen molar-refractivity contribution in [2.45, 2.75) is 25.8 Å². The molecule has 1 atom stereocenters. The first-order valence-corrected chi connectivity index (χ1v) is 14.7.